The summed E-state index contributed by atoms with van der Waals surface area (Å²) >= 11 is 7.06. The van der Waals surface area contributed by atoms with Crippen molar-refractivity contribution in [3.05, 3.63) is 21.3 Å². The number of hydrogen-bond donors (Lipinski definition) is 1. The molecule has 0 bridgehead atoms. The van der Waals surface area contributed by atoms with Crippen LogP contribution in [0.2, 0.25) is 4.34 Å². The first-order valence-electron chi connectivity index (χ1n) is 7.93. The number of carbonyl (C=O) groups is 2. The summed E-state index contributed by atoms with van der Waals surface area (Å²) in [6.07, 6.45) is 5.40. The molecule has 1 aliphatic rings. The summed E-state index contributed by atoms with van der Waals surface area (Å²) in [7, 11) is 0. The first-order valence-corrected chi connectivity index (χ1v) is 9.12. The van der Waals surface area contributed by atoms with E-state index in [1.54, 1.807) is 12.1 Å². The normalized spacial score (nSPS) is 15.7. The van der Waals surface area contributed by atoms with Crippen molar-refractivity contribution in [3.63, 3.8) is 0 Å². The Hall–Kier alpha value is -0.910. The minimum absolute atomic E-state index is 0.0135. The molecule has 1 amide bonds. The standard InChI is InChI=1S/C16H23ClN2O2S/c17-15-7-6-14(22-15)13(20)5-8-16(21)18-9-4-12-19-10-2-1-3-11-19/h6-7H,1-5,8-12H2,(H,18,21). The van der Waals surface area contributed by atoms with Crippen molar-refractivity contribution >= 4 is 34.6 Å². The van der Waals surface area contributed by atoms with Crippen LogP contribution >= 0.6 is 22.9 Å². The Morgan fingerprint density at radius 3 is 2.64 bits per heavy atom. The highest BCUT2D eigenvalue weighted by molar-refractivity contribution is 7.18. The van der Waals surface area contributed by atoms with Crippen molar-refractivity contribution in [2.75, 3.05) is 26.2 Å². The second kappa shape index (κ2) is 9.28. The van der Waals surface area contributed by atoms with E-state index >= 15 is 0 Å². The number of nitrogens with one attached hydrogen (secondary N) is 1. The molecule has 1 aliphatic heterocycles. The maximum Gasteiger partial charge on any atom is 0.220 e. The van der Waals surface area contributed by atoms with E-state index in [1.165, 1.54) is 43.7 Å². The first-order chi connectivity index (χ1) is 10.6. The maximum atomic E-state index is 11.9. The van der Waals surface area contributed by atoms with Gasteiger partial charge in [-0.05, 0) is 51.0 Å². The second-order valence-corrected chi connectivity index (χ2v) is 7.35. The quantitative estimate of drug-likeness (QED) is 0.582. The average Bonchev–Trinajstić information content (AvgIpc) is 2.97. The molecule has 0 spiro atoms. The SMILES string of the molecule is O=C(CCC(=O)c1ccc(Cl)s1)NCCCN1CCCCC1. The van der Waals surface area contributed by atoms with Gasteiger partial charge in [-0.1, -0.05) is 18.0 Å². The zero-order valence-electron chi connectivity index (χ0n) is 12.8. The van der Waals surface area contributed by atoms with Gasteiger partial charge in [0, 0.05) is 19.4 Å². The van der Waals surface area contributed by atoms with Crippen LogP contribution in [0.1, 0.15) is 48.2 Å². The highest BCUT2D eigenvalue weighted by Crippen LogP contribution is 2.22. The van der Waals surface area contributed by atoms with Gasteiger partial charge in [0.2, 0.25) is 5.91 Å². The zero-order chi connectivity index (χ0) is 15.8. The summed E-state index contributed by atoms with van der Waals surface area (Å²) < 4.78 is 0.602. The molecule has 122 valence electrons. The molecule has 2 heterocycles. The lowest BCUT2D eigenvalue weighted by Crippen LogP contribution is -2.33. The van der Waals surface area contributed by atoms with Crippen LogP contribution in [-0.4, -0.2) is 42.8 Å². The van der Waals surface area contributed by atoms with Gasteiger partial charge in [0.15, 0.2) is 5.78 Å². The lowest BCUT2D eigenvalue weighted by Gasteiger charge is -2.26. The fourth-order valence-electron chi connectivity index (χ4n) is 2.62. The van der Waals surface area contributed by atoms with Gasteiger partial charge in [0.1, 0.15) is 0 Å². The zero-order valence-corrected chi connectivity index (χ0v) is 14.3. The molecule has 1 N–H and O–H groups in total. The number of Topliss-reactive ketones (excluding diaryl/α,β-unsaturated/α-hetero) is 1. The molecule has 1 aromatic heterocycles. The summed E-state index contributed by atoms with van der Waals surface area (Å²) in [6, 6.07) is 3.42. The van der Waals surface area contributed by atoms with Gasteiger partial charge >= 0.3 is 0 Å². The van der Waals surface area contributed by atoms with E-state index < -0.39 is 0 Å². The number of likely N-dealkylation sites (tertiary alicyclic amines) is 1. The molecule has 1 aromatic rings. The van der Waals surface area contributed by atoms with Crippen LogP contribution in [0, 0.1) is 0 Å². The number of amides is 1. The van der Waals surface area contributed by atoms with Gasteiger partial charge in [-0.15, -0.1) is 11.3 Å². The molecular weight excluding hydrogens is 320 g/mol. The summed E-state index contributed by atoms with van der Waals surface area (Å²) in [6.45, 7) is 4.11. The fourth-order valence-corrected chi connectivity index (χ4v) is 3.63. The van der Waals surface area contributed by atoms with Crippen LogP contribution in [0.25, 0.3) is 0 Å². The molecular formula is C16H23ClN2O2S. The first kappa shape index (κ1) is 17.4. The highest BCUT2D eigenvalue weighted by Gasteiger charge is 2.12. The van der Waals surface area contributed by atoms with E-state index in [9.17, 15) is 9.59 Å². The van der Waals surface area contributed by atoms with E-state index in [0.717, 1.165) is 13.0 Å². The summed E-state index contributed by atoms with van der Waals surface area (Å²) in [5, 5.41) is 2.89. The average molecular weight is 343 g/mol. The Labute approximate surface area is 140 Å². The lowest BCUT2D eigenvalue weighted by atomic mass is 10.1. The molecule has 1 fully saturated rings. The molecule has 0 unspecified atom stereocenters. The molecule has 22 heavy (non-hydrogen) atoms. The van der Waals surface area contributed by atoms with Gasteiger partial charge in [-0.25, -0.2) is 0 Å². The van der Waals surface area contributed by atoms with Crippen LogP contribution in [0.3, 0.4) is 0 Å². The maximum absolute atomic E-state index is 11.9. The van der Waals surface area contributed by atoms with E-state index in [0.29, 0.717) is 15.8 Å². The van der Waals surface area contributed by atoms with Crippen LogP contribution in [0.5, 0.6) is 0 Å². The smallest absolute Gasteiger partial charge is 0.220 e. The molecule has 2 rings (SSSR count). The minimum Gasteiger partial charge on any atom is -0.356 e. The number of carbonyl (C=O) groups excluding carboxylic acids is 2. The van der Waals surface area contributed by atoms with Crippen LogP contribution in [0.15, 0.2) is 12.1 Å². The van der Waals surface area contributed by atoms with Crippen molar-refractivity contribution in [2.45, 2.75) is 38.5 Å². The monoisotopic (exact) mass is 342 g/mol. The Kier molecular flexibility index (Phi) is 7.36. The van der Waals surface area contributed by atoms with Crippen molar-refractivity contribution in [2.24, 2.45) is 0 Å². The fraction of sp³-hybridized carbons (Fsp3) is 0.625. The molecule has 1 saturated heterocycles. The molecule has 0 saturated carbocycles. The van der Waals surface area contributed by atoms with Crippen LogP contribution in [-0.2, 0) is 4.79 Å². The number of ketones is 1. The Morgan fingerprint density at radius 2 is 1.95 bits per heavy atom. The minimum atomic E-state index is -0.0466. The lowest BCUT2D eigenvalue weighted by molar-refractivity contribution is -0.121. The van der Waals surface area contributed by atoms with Gasteiger partial charge < -0.3 is 10.2 Å². The summed E-state index contributed by atoms with van der Waals surface area (Å²) in [5.41, 5.74) is 0. The Bertz CT molecular complexity index is 498. The number of piperidine rings is 1. The second-order valence-electron chi connectivity index (χ2n) is 5.63. The van der Waals surface area contributed by atoms with E-state index in [1.807, 2.05) is 0 Å². The molecule has 0 aromatic carbocycles. The molecule has 0 radical (unpaired) electrons. The topological polar surface area (TPSA) is 49.4 Å². The van der Waals surface area contributed by atoms with Gasteiger partial charge in [0.25, 0.3) is 0 Å². The van der Waals surface area contributed by atoms with E-state index in [2.05, 4.69) is 10.2 Å². The number of nitrogens with zero attached hydrogens (tertiary/aromatic N) is 1. The third kappa shape index (κ3) is 6.07. The molecule has 4 nitrogen and oxygen atoms in total. The van der Waals surface area contributed by atoms with Crippen molar-refractivity contribution < 1.29 is 9.59 Å². The van der Waals surface area contributed by atoms with Gasteiger partial charge in [0.05, 0.1) is 9.21 Å². The van der Waals surface area contributed by atoms with Crippen molar-refractivity contribution in [3.8, 4) is 0 Å². The number of halogens is 1. The molecule has 0 aliphatic carbocycles. The van der Waals surface area contributed by atoms with Crippen molar-refractivity contribution in [1.29, 1.82) is 0 Å². The summed E-state index contributed by atoms with van der Waals surface area (Å²) in [4.78, 5) is 26.7. The van der Waals surface area contributed by atoms with Crippen LogP contribution in [0.4, 0.5) is 0 Å². The highest BCUT2D eigenvalue weighted by atomic mass is 35.5. The molecule has 6 heteroatoms. The number of thiophene rings is 1. The Balaban J connectivity index is 1.55. The number of rotatable bonds is 8. The van der Waals surface area contributed by atoms with Crippen LogP contribution < -0.4 is 5.32 Å². The van der Waals surface area contributed by atoms with Crippen molar-refractivity contribution in [1.82, 2.24) is 10.2 Å². The largest absolute Gasteiger partial charge is 0.356 e. The van der Waals surface area contributed by atoms with E-state index in [-0.39, 0.29) is 24.5 Å². The van der Waals surface area contributed by atoms with Gasteiger partial charge in [-0.3, -0.25) is 9.59 Å². The summed E-state index contributed by atoms with van der Waals surface area (Å²) in [5.74, 6) is -0.0602. The van der Waals surface area contributed by atoms with Gasteiger partial charge in [-0.2, -0.15) is 0 Å². The predicted molar refractivity (Wildman–Crippen MR) is 90.8 cm³/mol. The third-order valence-corrected chi connectivity index (χ3v) is 5.12. The third-order valence-electron chi connectivity index (χ3n) is 3.85. The molecule has 0 atom stereocenters. The predicted octanol–water partition coefficient (Wildman–Crippen LogP) is 3.36. The Morgan fingerprint density at radius 1 is 1.18 bits per heavy atom. The van der Waals surface area contributed by atoms with E-state index in [4.69, 9.17) is 11.6 Å². The number of hydrogen-bond acceptors (Lipinski definition) is 4.